The number of benzene rings is 1. The Kier molecular flexibility index (Phi) is 7.46. The van der Waals surface area contributed by atoms with Crippen LogP contribution in [0.4, 0.5) is 5.69 Å². The Morgan fingerprint density at radius 2 is 1.77 bits per heavy atom. The Morgan fingerprint density at radius 3 is 2.45 bits per heavy atom. The summed E-state index contributed by atoms with van der Waals surface area (Å²) in [6.45, 7) is 12.6. The van der Waals surface area contributed by atoms with Crippen molar-refractivity contribution in [1.29, 1.82) is 0 Å². The summed E-state index contributed by atoms with van der Waals surface area (Å²) >= 11 is 0. The van der Waals surface area contributed by atoms with E-state index in [1.807, 2.05) is 23.1 Å². The molecule has 0 unspecified atom stereocenters. The first kappa shape index (κ1) is 23.8. The van der Waals surface area contributed by atoms with Crippen molar-refractivity contribution in [2.75, 3.05) is 18.0 Å². The number of amides is 2. The molecule has 2 aliphatic heterocycles. The average Bonchev–Trinajstić information content (AvgIpc) is 2.67. The van der Waals surface area contributed by atoms with Crippen molar-refractivity contribution in [2.45, 2.75) is 103 Å². The number of hydrogen-bond donors (Lipinski definition) is 1. The number of nitrogens with zero attached hydrogens (tertiary/aromatic N) is 2. The van der Waals surface area contributed by atoms with Gasteiger partial charge in [0, 0.05) is 48.7 Å². The molecule has 2 heterocycles. The zero-order valence-electron chi connectivity index (χ0n) is 20.2. The molecule has 2 aliphatic rings. The molecular formula is C26H41N3O2. The number of fused-ring (bicyclic) bond motifs is 1. The predicted octanol–water partition coefficient (Wildman–Crippen LogP) is 4.68. The number of anilines is 1. The number of nitrogens with one attached hydrogen (secondary N) is 1. The van der Waals surface area contributed by atoms with E-state index >= 15 is 0 Å². The molecule has 2 amide bonds. The third-order valence-corrected chi connectivity index (χ3v) is 6.65. The molecule has 0 saturated carbocycles. The lowest BCUT2D eigenvalue weighted by atomic mass is 9.79. The SMILES string of the molecule is CCCCN(C(=O)CCCN1C(=O)CCc2ccccc21)C1CC(C)(C)NC(C)(C)C1. The van der Waals surface area contributed by atoms with E-state index in [2.05, 4.69) is 50.9 Å². The molecule has 0 aliphatic carbocycles. The number of para-hydroxylation sites is 1. The van der Waals surface area contributed by atoms with Gasteiger partial charge in [-0.25, -0.2) is 0 Å². The van der Waals surface area contributed by atoms with Gasteiger partial charge in [0.1, 0.15) is 0 Å². The number of piperidine rings is 1. The van der Waals surface area contributed by atoms with Gasteiger partial charge in [0.05, 0.1) is 0 Å². The summed E-state index contributed by atoms with van der Waals surface area (Å²) in [4.78, 5) is 29.9. The highest BCUT2D eigenvalue weighted by Gasteiger charge is 2.40. The van der Waals surface area contributed by atoms with Crippen LogP contribution in [0.1, 0.15) is 85.1 Å². The van der Waals surface area contributed by atoms with E-state index in [-0.39, 0.29) is 28.9 Å². The lowest BCUT2D eigenvalue weighted by Gasteiger charge is -2.49. The van der Waals surface area contributed by atoms with Crippen molar-refractivity contribution in [2.24, 2.45) is 0 Å². The molecule has 5 nitrogen and oxygen atoms in total. The van der Waals surface area contributed by atoms with Crippen LogP contribution in [0.3, 0.4) is 0 Å². The summed E-state index contributed by atoms with van der Waals surface area (Å²) in [6, 6.07) is 8.42. The van der Waals surface area contributed by atoms with Gasteiger partial charge in [0.2, 0.25) is 11.8 Å². The minimum Gasteiger partial charge on any atom is -0.340 e. The summed E-state index contributed by atoms with van der Waals surface area (Å²) in [5, 5.41) is 3.73. The standard InChI is InChI=1S/C26H41N3O2/c1-6-7-16-28(21-18-25(2,3)27-26(4,5)19-21)23(30)13-10-17-29-22-12-9-8-11-20(22)14-15-24(29)31/h8-9,11-12,21,27H,6-7,10,13-19H2,1-5H3. The molecule has 3 rings (SSSR count). The van der Waals surface area contributed by atoms with Crippen molar-refractivity contribution >= 4 is 17.5 Å². The second-order valence-electron chi connectivity index (χ2n) is 10.7. The molecule has 1 aromatic rings. The van der Waals surface area contributed by atoms with E-state index in [9.17, 15) is 9.59 Å². The Balaban J connectivity index is 1.64. The molecule has 5 heteroatoms. The van der Waals surface area contributed by atoms with Gasteiger partial charge in [0.15, 0.2) is 0 Å². The molecule has 1 aromatic carbocycles. The number of rotatable bonds is 8. The summed E-state index contributed by atoms with van der Waals surface area (Å²) < 4.78 is 0. The van der Waals surface area contributed by atoms with Gasteiger partial charge in [-0.2, -0.15) is 0 Å². The van der Waals surface area contributed by atoms with Crippen LogP contribution in [0.5, 0.6) is 0 Å². The van der Waals surface area contributed by atoms with Gasteiger partial charge in [-0.1, -0.05) is 31.5 Å². The van der Waals surface area contributed by atoms with E-state index in [0.717, 1.165) is 44.3 Å². The van der Waals surface area contributed by atoms with Crippen LogP contribution in [0.2, 0.25) is 0 Å². The van der Waals surface area contributed by atoms with Gasteiger partial charge in [-0.15, -0.1) is 0 Å². The van der Waals surface area contributed by atoms with Crippen LogP contribution >= 0.6 is 0 Å². The largest absolute Gasteiger partial charge is 0.340 e. The van der Waals surface area contributed by atoms with Crippen LogP contribution in [-0.4, -0.2) is 46.9 Å². The van der Waals surface area contributed by atoms with Crippen LogP contribution in [0.25, 0.3) is 0 Å². The predicted molar refractivity (Wildman–Crippen MR) is 127 cm³/mol. The maximum absolute atomic E-state index is 13.3. The third-order valence-electron chi connectivity index (χ3n) is 6.65. The first-order valence-corrected chi connectivity index (χ1v) is 12.1. The Hall–Kier alpha value is -1.88. The maximum Gasteiger partial charge on any atom is 0.227 e. The van der Waals surface area contributed by atoms with Crippen molar-refractivity contribution < 1.29 is 9.59 Å². The van der Waals surface area contributed by atoms with E-state index in [4.69, 9.17) is 0 Å². The van der Waals surface area contributed by atoms with E-state index in [1.54, 1.807) is 0 Å². The van der Waals surface area contributed by atoms with Gasteiger partial charge in [0.25, 0.3) is 0 Å². The summed E-state index contributed by atoms with van der Waals surface area (Å²) in [5.41, 5.74) is 2.29. The van der Waals surface area contributed by atoms with Gasteiger partial charge < -0.3 is 15.1 Å². The minimum absolute atomic E-state index is 0.0150. The second kappa shape index (κ2) is 9.72. The molecule has 0 radical (unpaired) electrons. The van der Waals surface area contributed by atoms with Gasteiger partial charge >= 0.3 is 0 Å². The number of carbonyl (C=O) groups is 2. The summed E-state index contributed by atoms with van der Waals surface area (Å²) in [7, 11) is 0. The highest BCUT2D eigenvalue weighted by atomic mass is 16.2. The number of aryl methyl sites for hydroxylation is 1. The zero-order chi connectivity index (χ0) is 22.6. The Bertz CT molecular complexity index is 771. The minimum atomic E-state index is 0.0150. The monoisotopic (exact) mass is 427 g/mol. The molecule has 0 bridgehead atoms. The van der Waals surface area contributed by atoms with Crippen molar-refractivity contribution in [3.05, 3.63) is 29.8 Å². The third kappa shape index (κ3) is 6.09. The highest BCUT2D eigenvalue weighted by Crippen LogP contribution is 2.32. The van der Waals surface area contributed by atoms with Crippen LogP contribution in [0.15, 0.2) is 24.3 Å². The van der Waals surface area contributed by atoms with Crippen molar-refractivity contribution in [1.82, 2.24) is 10.2 Å². The van der Waals surface area contributed by atoms with Crippen molar-refractivity contribution in [3.63, 3.8) is 0 Å². The van der Waals surface area contributed by atoms with Crippen LogP contribution in [0, 0.1) is 0 Å². The first-order valence-electron chi connectivity index (χ1n) is 12.1. The molecule has 0 atom stereocenters. The lowest BCUT2D eigenvalue weighted by molar-refractivity contribution is -0.135. The average molecular weight is 428 g/mol. The highest BCUT2D eigenvalue weighted by molar-refractivity contribution is 5.96. The van der Waals surface area contributed by atoms with Crippen molar-refractivity contribution in [3.8, 4) is 0 Å². The topological polar surface area (TPSA) is 52.7 Å². The van der Waals surface area contributed by atoms with Crippen LogP contribution < -0.4 is 10.2 Å². The smallest absolute Gasteiger partial charge is 0.227 e. The Morgan fingerprint density at radius 1 is 1.10 bits per heavy atom. The Labute approximate surface area is 188 Å². The molecule has 1 N–H and O–H groups in total. The van der Waals surface area contributed by atoms with E-state index < -0.39 is 0 Å². The van der Waals surface area contributed by atoms with E-state index in [0.29, 0.717) is 25.8 Å². The second-order valence-corrected chi connectivity index (χ2v) is 10.7. The quantitative estimate of drug-likeness (QED) is 0.655. The van der Waals surface area contributed by atoms with Crippen LogP contribution in [-0.2, 0) is 16.0 Å². The van der Waals surface area contributed by atoms with E-state index in [1.165, 1.54) is 5.56 Å². The van der Waals surface area contributed by atoms with Gasteiger partial charge in [-0.05, 0) is 71.4 Å². The zero-order valence-corrected chi connectivity index (χ0v) is 20.2. The molecule has 31 heavy (non-hydrogen) atoms. The molecular weight excluding hydrogens is 386 g/mol. The number of carbonyl (C=O) groups excluding carboxylic acids is 2. The molecule has 1 saturated heterocycles. The first-order chi connectivity index (χ1) is 14.6. The maximum atomic E-state index is 13.3. The molecule has 172 valence electrons. The summed E-state index contributed by atoms with van der Waals surface area (Å²) in [5.74, 6) is 0.417. The fourth-order valence-electron chi connectivity index (χ4n) is 5.60. The molecule has 0 spiro atoms. The normalized spacial score (nSPS) is 20.4. The summed E-state index contributed by atoms with van der Waals surface area (Å²) in [6.07, 6.45) is 6.66. The molecule has 0 aromatic heterocycles. The number of unbranched alkanes of at least 4 members (excludes halogenated alkanes) is 1. The molecule has 1 fully saturated rings. The lowest BCUT2D eigenvalue weighted by Crippen LogP contribution is -2.62. The van der Waals surface area contributed by atoms with Gasteiger partial charge in [-0.3, -0.25) is 9.59 Å². The number of hydrogen-bond acceptors (Lipinski definition) is 3. The fourth-order valence-corrected chi connectivity index (χ4v) is 5.60. The fraction of sp³-hybridized carbons (Fsp3) is 0.692.